The topological polar surface area (TPSA) is 41.4 Å². The number of hydrogen-bond donors (Lipinski definition) is 0. The minimum atomic E-state index is 0.137. The summed E-state index contributed by atoms with van der Waals surface area (Å²) in [6.07, 6.45) is 7.21. The number of carbonyl (C=O) groups is 1. The predicted molar refractivity (Wildman–Crippen MR) is 108 cm³/mol. The van der Waals surface area contributed by atoms with E-state index in [2.05, 4.69) is 14.9 Å². The van der Waals surface area contributed by atoms with Gasteiger partial charge in [0.2, 0.25) is 0 Å². The van der Waals surface area contributed by atoms with Crippen LogP contribution in [0.15, 0.2) is 36.4 Å². The Morgan fingerprint density at radius 3 is 2.59 bits per heavy atom. The van der Waals surface area contributed by atoms with Crippen LogP contribution in [0.1, 0.15) is 49.0 Å². The SMILES string of the molecule is Cn1nc(-c2ccccc2)cc1C(=O)N1CCCC[C@H]1CCN1CCCC1. The molecule has 2 aliphatic heterocycles. The number of amides is 1. The van der Waals surface area contributed by atoms with Crippen molar-refractivity contribution in [2.75, 3.05) is 26.2 Å². The monoisotopic (exact) mass is 366 g/mol. The Hall–Kier alpha value is -2.14. The predicted octanol–water partition coefficient (Wildman–Crippen LogP) is 3.57. The third-order valence-corrected chi connectivity index (χ3v) is 6.03. The molecule has 0 spiro atoms. The van der Waals surface area contributed by atoms with Crippen LogP contribution >= 0.6 is 0 Å². The van der Waals surface area contributed by atoms with Gasteiger partial charge in [0, 0.05) is 31.7 Å². The maximum absolute atomic E-state index is 13.3. The summed E-state index contributed by atoms with van der Waals surface area (Å²) in [6, 6.07) is 12.4. The van der Waals surface area contributed by atoms with E-state index in [4.69, 9.17) is 0 Å². The largest absolute Gasteiger partial charge is 0.334 e. The van der Waals surface area contributed by atoms with Crippen LogP contribution in [-0.2, 0) is 7.05 Å². The van der Waals surface area contributed by atoms with Crippen molar-refractivity contribution in [3.63, 3.8) is 0 Å². The number of likely N-dealkylation sites (tertiary alicyclic amines) is 2. The molecule has 144 valence electrons. The number of piperidine rings is 1. The molecule has 2 fully saturated rings. The first-order chi connectivity index (χ1) is 13.2. The number of carbonyl (C=O) groups excluding carboxylic acids is 1. The molecular weight excluding hydrogens is 336 g/mol. The lowest BCUT2D eigenvalue weighted by molar-refractivity contribution is 0.0576. The molecule has 5 nitrogen and oxygen atoms in total. The van der Waals surface area contributed by atoms with Crippen LogP contribution in [0.2, 0.25) is 0 Å². The molecule has 2 saturated heterocycles. The molecule has 0 unspecified atom stereocenters. The number of rotatable bonds is 5. The van der Waals surface area contributed by atoms with Crippen LogP contribution in [0.4, 0.5) is 0 Å². The standard InChI is InChI=1S/C22H30N4O/c1-24-21(17-20(23-24)18-9-3-2-4-10-18)22(27)26-15-6-5-11-19(26)12-16-25-13-7-8-14-25/h2-4,9-10,17,19H,5-8,11-16H2,1H3/t19-/m0/s1. The van der Waals surface area contributed by atoms with Gasteiger partial charge in [-0.2, -0.15) is 5.10 Å². The van der Waals surface area contributed by atoms with Crippen molar-refractivity contribution < 1.29 is 4.79 Å². The van der Waals surface area contributed by atoms with Crippen LogP contribution in [-0.4, -0.2) is 57.7 Å². The van der Waals surface area contributed by atoms with Crippen molar-refractivity contribution in [2.24, 2.45) is 7.05 Å². The first-order valence-corrected chi connectivity index (χ1v) is 10.3. The van der Waals surface area contributed by atoms with E-state index in [1.807, 2.05) is 43.4 Å². The van der Waals surface area contributed by atoms with Gasteiger partial charge in [-0.15, -0.1) is 0 Å². The van der Waals surface area contributed by atoms with E-state index in [1.54, 1.807) is 4.68 Å². The second-order valence-corrected chi connectivity index (χ2v) is 7.89. The highest BCUT2D eigenvalue weighted by molar-refractivity contribution is 5.94. The highest BCUT2D eigenvalue weighted by atomic mass is 16.2. The van der Waals surface area contributed by atoms with E-state index in [1.165, 1.54) is 32.4 Å². The second kappa shape index (κ2) is 8.26. The van der Waals surface area contributed by atoms with Crippen molar-refractivity contribution in [2.45, 2.75) is 44.6 Å². The van der Waals surface area contributed by atoms with Gasteiger partial charge in [0.1, 0.15) is 5.69 Å². The van der Waals surface area contributed by atoms with Crippen molar-refractivity contribution in [1.29, 1.82) is 0 Å². The van der Waals surface area contributed by atoms with Crippen molar-refractivity contribution in [3.8, 4) is 11.3 Å². The smallest absolute Gasteiger partial charge is 0.272 e. The number of hydrogen-bond acceptors (Lipinski definition) is 3. The van der Waals surface area contributed by atoms with E-state index < -0.39 is 0 Å². The number of benzene rings is 1. The van der Waals surface area contributed by atoms with Crippen LogP contribution in [0, 0.1) is 0 Å². The summed E-state index contributed by atoms with van der Waals surface area (Å²) in [6.45, 7) is 4.44. The first kappa shape index (κ1) is 18.2. The van der Waals surface area contributed by atoms with E-state index in [0.29, 0.717) is 11.7 Å². The molecule has 27 heavy (non-hydrogen) atoms. The van der Waals surface area contributed by atoms with E-state index in [0.717, 1.165) is 43.6 Å². The molecule has 0 aliphatic carbocycles. The molecule has 2 aliphatic rings. The number of nitrogens with zero attached hydrogens (tertiary/aromatic N) is 4. The van der Waals surface area contributed by atoms with Crippen LogP contribution in [0.25, 0.3) is 11.3 Å². The second-order valence-electron chi connectivity index (χ2n) is 7.89. The summed E-state index contributed by atoms with van der Waals surface area (Å²) in [5.41, 5.74) is 2.62. The normalized spacial score (nSPS) is 20.9. The highest BCUT2D eigenvalue weighted by Gasteiger charge is 2.30. The maximum Gasteiger partial charge on any atom is 0.272 e. The van der Waals surface area contributed by atoms with Gasteiger partial charge in [-0.1, -0.05) is 30.3 Å². The average Bonchev–Trinajstić information content (AvgIpc) is 3.36. The minimum Gasteiger partial charge on any atom is -0.334 e. The molecule has 0 bridgehead atoms. The molecule has 3 heterocycles. The Morgan fingerprint density at radius 2 is 1.81 bits per heavy atom. The fourth-order valence-electron chi connectivity index (χ4n) is 4.47. The molecule has 0 N–H and O–H groups in total. The molecule has 1 amide bonds. The van der Waals surface area contributed by atoms with E-state index in [-0.39, 0.29) is 5.91 Å². The number of aryl methyl sites for hydroxylation is 1. The van der Waals surface area contributed by atoms with Crippen LogP contribution in [0.5, 0.6) is 0 Å². The zero-order valence-corrected chi connectivity index (χ0v) is 16.3. The van der Waals surface area contributed by atoms with Crippen LogP contribution in [0.3, 0.4) is 0 Å². The summed E-state index contributed by atoms with van der Waals surface area (Å²) < 4.78 is 1.75. The summed E-state index contributed by atoms with van der Waals surface area (Å²) in [7, 11) is 1.88. The Labute approximate surface area is 162 Å². The van der Waals surface area contributed by atoms with Gasteiger partial charge in [0.25, 0.3) is 5.91 Å². The Bertz CT molecular complexity index is 764. The molecule has 4 rings (SSSR count). The third-order valence-electron chi connectivity index (χ3n) is 6.03. The van der Waals surface area contributed by atoms with Gasteiger partial charge in [0.05, 0.1) is 5.69 Å². The lowest BCUT2D eigenvalue weighted by Crippen LogP contribution is -2.45. The fraction of sp³-hybridized carbons (Fsp3) is 0.545. The highest BCUT2D eigenvalue weighted by Crippen LogP contribution is 2.25. The molecule has 2 aromatic rings. The average molecular weight is 367 g/mol. The molecule has 1 aromatic heterocycles. The zero-order valence-electron chi connectivity index (χ0n) is 16.3. The molecule has 0 radical (unpaired) electrons. The third kappa shape index (κ3) is 4.08. The summed E-state index contributed by atoms with van der Waals surface area (Å²) >= 11 is 0. The Kier molecular flexibility index (Phi) is 5.58. The Morgan fingerprint density at radius 1 is 1.07 bits per heavy atom. The maximum atomic E-state index is 13.3. The molecular formula is C22H30N4O. The van der Waals surface area contributed by atoms with Gasteiger partial charge in [-0.25, -0.2) is 0 Å². The fourth-order valence-corrected chi connectivity index (χ4v) is 4.47. The minimum absolute atomic E-state index is 0.137. The summed E-state index contributed by atoms with van der Waals surface area (Å²) in [5, 5.41) is 4.59. The van der Waals surface area contributed by atoms with Gasteiger partial charge in [0.15, 0.2) is 0 Å². The quantitative estimate of drug-likeness (QED) is 0.812. The van der Waals surface area contributed by atoms with Gasteiger partial charge in [-0.3, -0.25) is 9.48 Å². The van der Waals surface area contributed by atoms with Crippen molar-refractivity contribution >= 4 is 5.91 Å². The van der Waals surface area contributed by atoms with Crippen LogP contribution < -0.4 is 0 Å². The Balaban J connectivity index is 1.49. The lowest BCUT2D eigenvalue weighted by atomic mass is 9.98. The molecule has 1 aromatic carbocycles. The van der Waals surface area contributed by atoms with E-state index in [9.17, 15) is 4.79 Å². The molecule has 0 saturated carbocycles. The number of aromatic nitrogens is 2. The summed E-state index contributed by atoms with van der Waals surface area (Å²) in [4.78, 5) is 18.0. The molecule has 1 atom stereocenters. The lowest BCUT2D eigenvalue weighted by Gasteiger charge is -2.36. The van der Waals surface area contributed by atoms with Crippen molar-refractivity contribution in [1.82, 2.24) is 19.6 Å². The van der Waals surface area contributed by atoms with Gasteiger partial charge < -0.3 is 9.80 Å². The van der Waals surface area contributed by atoms with Crippen molar-refractivity contribution in [3.05, 3.63) is 42.1 Å². The molecule has 5 heteroatoms. The van der Waals surface area contributed by atoms with Gasteiger partial charge >= 0.3 is 0 Å². The summed E-state index contributed by atoms with van der Waals surface area (Å²) in [5.74, 6) is 0.137. The van der Waals surface area contributed by atoms with Gasteiger partial charge in [-0.05, 0) is 57.7 Å². The zero-order chi connectivity index (χ0) is 18.6. The first-order valence-electron chi connectivity index (χ1n) is 10.3. The van der Waals surface area contributed by atoms with E-state index >= 15 is 0 Å².